The van der Waals surface area contributed by atoms with Gasteiger partial charge in [-0.25, -0.2) is 9.78 Å². The van der Waals surface area contributed by atoms with Crippen LogP contribution in [0.2, 0.25) is 0 Å². The number of hydrogen-bond donors (Lipinski definition) is 2. The Morgan fingerprint density at radius 1 is 1.19 bits per heavy atom. The molecule has 10 heteroatoms. The predicted octanol–water partition coefficient (Wildman–Crippen LogP) is 3.33. The normalized spacial score (nSPS) is 13.9. The summed E-state index contributed by atoms with van der Waals surface area (Å²) < 4.78 is 7.12. The average molecular weight is 432 g/mol. The third-order valence-corrected chi connectivity index (χ3v) is 5.75. The van der Waals surface area contributed by atoms with E-state index in [-0.39, 0.29) is 11.8 Å². The predicted molar refractivity (Wildman–Crippen MR) is 115 cm³/mol. The molecule has 162 valence electrons. The van der Waals surface area contributed by atoms with Crippen molar-refractivity contribution in [3.8, 4) is 11.4 Å². The maximum Gasteiger partial charge on any atom is 0.407 e. The first kappa shape index (κ1) is 19.7. The van der Waals surface area contributed by atoms with Crippen LogP contribution in [0.1, 0.15) is 33.4 Å². The molecule has 0 aliphatic carbocycles. The van der Waals surface area contributed by atoms with Crippen LogP contribution in [-0.4, -0.2) is 54.6 Å². The largest absolute Gasteiger partial charge is 0.465 e. The Bertz CT molecular complexity index is 1350. The molecule has 3 aromatic heterocycles. The summed E-state index contributed by atoms with van der Waals surface area (Å²) in [6.45, 7) is 4.48. The number of fused-ring (bicyclic) bond motifs is 1. The fourth-order valence-electron chi connectivity index (χ4n) is 3.86. The molecule has 2 amide bonds. The molecule has 0 spiro atoms. The Kier molecular flexibility index (Phi) is 4.62. The summed E-state index contributed by atoms with van der Waals surface area (Å²) in [5.41, 5.74) is 4.23. The Labute approximate surface area is 182 Å². The van der Waals surface area contributed by atoms with Crippen LogP contribution in [0.3, 0.4) is 0 Å². The van der Waals surface area contributed by atoms with Gasteiger partial charge in [-0.3, -0.25) is 9.20 Å². The van der Waals surface area contributed by atoms with Crippen LogP contribution in [0.5, 0.6) is 0 Å². The minimum atomic E-state index is -0.957. The van der Waals surface area contributed by atoms with E-state index in [9.17, 15) is 9.59 Å². The molecule has 1 aromatic carbocycles. The lowest BCUT2D eigenvalue weighted by Crippen LogP contribution is -2.47. The number of anilines is 1. The molecule has 32 heavy (non-hydrogen) atoms. The summed E-state index contributed by atoms with van der Waals surface area (Å²) >= 11 is 0. The summed E-state index contributed by atoms with van der Waals surface area (Å²) in [5, 5.41) is 16.1. The summed E-state index contributed by atoms with van der Waals surface area (Å²) in [5.74, 6) is 0.432. The van der Waals surface area contributed by atoms with Gasteiger partial charge < -0.3 is 19.8 Å². The van der Waals surface area contributed by atoms with Crippen LogP contribution in [0.15, 0.2) is 47.2 Å². The molecule has 5 rings (SSSR count). The highest BCUT2D eigenvalue weighted by Gasteiger charge is 2.35. The van der Waals surface area contributed by atoms with Crippen LogP contribution >= 0.6 is 0 Å². The molecule has 0 radical (unpaired) electrons. The van der Waals surface area contributed by atoms with Crippen LogP contribution < -0.4 is 5.32 Å². The van der Waals surface area contributed by atoms with E-state index in [0.29, 0.717) is 41.8 Å². The number of nitrogens with one attached hydrogen (secondary N) is 1. The van der Waals surface area contributed by atoms with Crippen molar-refractivity contribution < 1.29 is 19.2 Å². The van der Waals surface area contributed by atoms with E-state index in [1.54, 1.807) is 16.8 Å². The Morgan fingerprint density at radius 3 is 2.78 bits per heavy atom. The van der Waals surface area contributed by atoms with Crippen molar-refractivity contribution in [2.45, 2.75) is 19.8 Å². The van der Waals surface area contributed by atoms with E-state index in [4.69, 9.17) is 9.63 Å². The first-order valence-corrected chi connectivity index (χ1v) is 10.1. The van der Waals surface area contributed by atoms with Crippen LogP contribution in [0.25, 0.3) is 17.0 Å². The van der Waals surface area contributed by atoms with Gasteiger partial charge in [0.25, 0.3) is 5.91 Å². The number of aryl methyl sites for hydroxylation is 1. The number of amides is 2. The van der Waals surface area contributed by atoms with Gasteiger partial charge in [-0.2, -0.15) is 4.98 Å². The summed E-state index contributed by atoms with van der Waals surface area (Å²) in [6.07, 6.45) is 2.38. The van der Waals surface area contributed by atoms with Gasteiger partial charge in [-0.1, -0.05) is 23.4 Å². The van der Waals surface area contributed by atoms with E-state index >= 15 is 0 Å². The van der Waals surface area contributed by atoms with Crippen molar-refractivity contribution >= 4 is 23.3 Å². The van der Waals surface area contributed by atoms with E-state index in [1.807, 2.05) is 44.2 Å². The molecule has 1 aliphatic rings. The molecule has 4 aromatic rings. The van der Waals surface area contributed by atoms with Crippen molar-refractivity contribution in [3.63, 3.8) is 0 Å². The van der Waals surface area contributed by atoms with Gasteiger partial charge in [0.15, 0.2) is 0 Å². The van der Waals surface area contributed by atoms with Gasteiger partial charge in [0.2, 0.25) is 11.7 Å². The zero-order valence-electron chi connectivity index (χ0n) is 17.4. The molecule has 0 bridgehead atoms. The molecule has 0 saturated carbocycles. The second-order valence-corrected chi connectivity index (χ2v) is 7.80. The maximum atomic E-state index is 13.0. The van der Waals surface area contributed by atoms with Crippen molar-refractivity contribution in [1.82, 2.24) is 24.4 Å². The van der Waals surface area contributed by atoms with Gasteiger partial charge in [0.1, 0.15) is 11.3 Å². The number of nitrogens with zero attached hydrogens (tertiary/aromatic N) is 5. The SMILES string of the molecule is Cc1ccc(-c2noc(C3CN(C(=O)O)C3)n2)c(C)c1NC(=O)c1cnc2ccccn12. The lowest BCUT2D eigenvalue weighted by molar-refractivity contribution is 0.0958. The Hall–Kier alpha value is -4.21. The first-order valence-electron chi connectivity index (χ1n) is 10.1. The average Bonchev–Trinajstić information content (AvgIpc) is 3.37. The number of likely N-dealkylation sites (tertiary alicyclic amines) is 1. The minimum absolute atomic E-state index is 0.104. The fourth-order valence-corrected chi connectivity index (χ4v) is 3.86. The highest BCUT2D eigenvalue weighted by atomic mass is 16.5. The molecule has 1 fully saturated rings. The lowest BCUT2D eigenvalue weighted by Gasteiger charge is -2.34. The molecule has 0 unspecified atom stereocenters. The zero-order valence-corrected chi connectivity index (χ0v) is 17.4. The smallest absolute Gasteiger partial charge is 0.407 e. The summed E-state index contributed by atoms with van der Waals surface area (Å²) in [6, 6.07) is 9.31. The van der Waals surface area contributed by atoms with E-state index < -0.39 is 6.09 Å². The summed E-state index contributed by atoms with van der Waals surface area (Å²) in [4.78, 5) is 34.0. The van der Waals surface area contributed by atoms with Crippen LogP contribution in [0.4, 0.5) is 10.5 Å². The van der Waals surface area contributed by atoms with Crippen molar-refractivity contribution in [1.29, 1.82) is 0 Å². The highest BCUT2D eigenvalue weighted by Crippen LogP contribution is 2.32. The monoisotopic (exact) mass is 432 g/mol. The number of carboxylic acid groups (broad SMARTS) is 1. The highest BCUT2D eigenvalue weighted by molar-refractivity contribution is 6.04. The molecule has 4 heterocycles. The Balaban J connectivity index is 1.41. The van der Waals surface area contributed by atoms with Gasteiger partial charge in [-0.15, -0.1) is 0 Å². The molecular formula is C22H20N6O4. The quantitative estimate of drug-likeness (QED) is 0.506. The second kappa shape index (κ2) is 7.49. The molecule has 1 saturated heterocycles. The van der Waals surface area contributed by atoms with Gasteiger partial charge >= 0.3 is 6.09 Å². The number of carbonyl (C=O) groups is 2. The number of carbonyl (C=O) groups excluding carboxylic acids is 1. The third-order valence-electron chi connectivity index (χ3n) is 5.75. The number of pyridine rings is 1. The number of benzene rings is 1. The molecule has 2 N–H and O–H groups in total. The minimum Gasteiger partial charge on any atom is -0.465 e. The molecule has 10 nitrogen and oxygen atoms in total. The Morgan fingerprint density at radius 2 is 2.00 bits per heavy atom. The van der Waals surface area contributed by atoms with Crippen LogP contribution in [0, 0.1) is 13.8 Å². The molecular weight excluding hydrogens is 412 g/mol. The second-order valence-electron chi connectivity index (χ2n) is 7.80. The van der Waals surface area contributed by atoms with Crippen molar-refractivity contribution in [2.75, 3.05) is 18.4 Å². The topological polar surface area (TPSA) is 126 Å². The third kappa shape index (κ3) is 3.25. The van der Waals surface area contributed by atoms with E-state index in [0.717, 1.165) is 16.7 Å². The van der Waals surface area contributed by atoms with Gasteiger partial charge in [0, 0.05) is 30.5 Å². The standard InChI is InChI=1S/C22H20N6O4/c1-12-6-7-15(19-25-21(32-26-19)14-10-27(11-14)22(30)31)13(2)18(12)24-20(29)16-9-23-17-5-3-4-8-28(16)17/h3-9,14H,10-11H2,1-2H3,(H,24,29)(H,30,31). The summed E-state index contributed by atoms with van der Waals surface area (Å²) in [7, 11) is 0. The van der Waals surface area contributed by atoms with Gasteiger partial charge in [0.05, 0.1) is 12.1 Å². The first-order chi connectivity index (χ1) is 15.4. The maximum absolute atomic E-state index is 13.0. The number of imidazole rings is 1. The zero-order chi connectivity index (χ0) is 22.4. The molecule has 1 aliphatic heterocycles. The van der Waals surface area contributed by atoms with Crippen molar-refractivity contribution in [2.24, 2.45) is 0 Å². The van der Waals surface area contributed by atoms with E-state index in [2.05, 4.69) is 20.4 Å². The number of rotatable bonds is 4. The molecule has 0 atom stereocenters. The van der Waals surface area contributed by atoms with Crippen molar-refractivity contribution in [3.05, 3.63) is 65.4 Å². The van der Waals surface area contributed by atoms with Gasteiger partial charge in [-0.05, 0) is 37.1 Å². The van der Waals surface area contributed by atoms with Crippen LogP contribution in [-0.2, 0) is 0 Å². The number of aromatic nitrogens is 4. The lowest BCUT2D eigenvalue weighted by atomic mass is 10.0. The fraction of sp³-hybridized carbons (Fsp3) is 0.227. The van der Waals surface area contributed by atoms with E-state index in [1.165, 1.54) is 4.90 Å². The number of hydrogen-bond acceptors (Lipinski definition) is 6.